The fourth-order valence-electron chi connectivity index (χ4n) is 4.97. The van der Waals surface area contributed by atoms with Gasteiger partial charge in [-0.05, 0) is 74.4 Å². The lowest BCUT2D eigenvalue weighted by Crippen LogP contribution is -2.47. The molecule has 1 unspecified atom stereocenters. The van der Waals surface area contributed by atoms with Crippen LogP contribution in [0.5, 0.6) is 0 Å². The average molecular weight is 455 g/mol. The minimum Gasteiger partial charge on any atom is -0.398 e. The Morgan fingerprint density at radius 2 is 1.66 bits per heavy atom. The van der Waals surface area contributed by atoms with Crippen molar-refractivity contribution in [3.05, 3.63) is 64.7 Å². The van der Waals surface area contributed by atoms with Crippen LogP contribution < -0.4 is 16.4 Å². The monoisotopic (exact) mass is 454 g/mol. The average Bonchev–Trinajstić information content (AvgIpc) is 2.83. The second-order valence-electron chi connectivity index (χ2n) is 8.80. The Hall–Kier alpha value is -2.57. The summed E-state index contributed by atoms with van der Waals surface area (Å²) < 4.78 is 0. The molecule has 0 bridgehead atoms. The highest BCUT2D eigenvalue weighted by molar-refractivity contribution is 6.31. The van der Waals surface area contributed by atoms with Gasteiger partial charge < -0.3 is 21.3 Å². The molecule has 2 aromatic rings. The van der Waals surface area contributed by atoms with Gasteiger partial charge in [-0.25, -0.2) is 0 Å². The van der Waals surface area contributed by atoms with Crippen molar-refractivity contribution in [1.29, 1.82) is 0 Å². The number of anilines is 1. The van der Waals surface area contributed by atoms with Crippen LogP contribution >= 0.6 is 11.6 Å². The largest absolute Gasteiger partial charge is 0.398 e. The van der Waals surface area contributed by atoms with Gasteiger partial charge in [0, 0.05) is 23.8 Å². The number of nitrogen functional groups attached to an aromatic ring is 1. The van der Waals surface area contributed by atoms with Crippen molar-refractivity contribution in [2.24, 2.45) is 11.8 Å². The number of likely N-dealkylation sites (tertiary alicyclic amines) is 1. The van der Waals surface area contributed by atoms with E-state index in [0.29, 0.717) is 16.5 Å². The molecular formula is C25H31ClN4O2. The number of amides is 2. The van der Waals surface area contributed by atoms with Gasteiger partial charge in [-0.15, -0.1) is 0 Å². The first-order valence-corrected chi connectivity index (χ1v) is 11.8. The van der Waals surface area contributed by atoms with Crippen LogP contribution in [0.15, 0.2) is 48.5 Å². The van der Waals surface area contributed by atoms with E-state index in [2.05, 4.69) is 10.6 Å². The molecule has 4 rings (SSSR count). The Labute approximate surface area is 194 Å². The van der Waals surface area contributed by atoms with Crippen molar-refractivity contribution in [2.75, 3.05) is 31.9 Å². The molecule has 1 atom stereocenters. The molecule has 0 radical (unpaired) electrons. The Kier molecular flexibility index (Phi) is 7.33. The quantitative estimate of drug-likeness (QED) is 0.602. The first-order chi connectivity index (χ1) is 15.5. The first-order valence-electron chi connectivity index (χ1n) is 11.4. The molecule has 2 aromatic carbocycles. The number of piperidine rings is 2. The lowest BCUT2D eigenvalue weighted by molar-refractivity contribution is -0.135. The molecule has 6 nitrogen and oxygen atoms in total. The van der Waals surface area contributed by atoms with Crippen LogP contribution in [0, 0.1) is 11.8 Å². The third kappa shape index (κ3) is 5.25. The molecule has 0 saturated carbocycles. The predicted molar refractivity (Wildman–Crippen MR) is 127 cm³/mol. The van der Waals surface area contributed by atoms with E-state index in [4.69, 9.17) is 17.3 Å². The summed E-state index contributed by atoms with van der Waals surface area (Å²) in [4.78, 5) is 28.4. The highest BCUT2D eigenvalue weighted by Crippen LogP contribution is 2.32. The highest BCUT2D eigenvalue weighted by Gasteiger charge is 2.33. The molecule has 2 fully saturated rings. The summed E-state index contributed by atoms with van der Waals surface area (Å²) in [5, 5.41) is 6.82. The number of nitrogens with one attached hydrogen (secondary N) is 2. The second kappa shape index (κ2) is 10.4. The van der Waals surface area contributed by atoms with Crippen molar-refractivity contribution in [3.8, 4) is 0 Å². The van der Waals surface area contributed by atoms with E-state index in [1.165, 1.54) is 12.8 Å². The molecule has 0 spiro atoms. The van der Waals surface area contributed by atoms with Gasteiger partial charge >= 0.3 is 0 Å². The maximum Gasteiger partial charge on any atom is 0.254 e. The van der Waals surface area contributed by atoms with Gasteiger partial charge in [0.2, 0.25) is 5.91 Å². The van der Waals surface area contributed by atoms with E-state index in [1.54, 1.807) is 18.2 Å². The van der Waals surface area contributed by atoms with E-state index in [9.17, 15) is 9.59 Å². The van der Waals surface area contributed by atoms with Gasteiger partial charge in [-0.1, -0.05) is 41.9 Å². The van der Waals surface area contributed by atoms with E-state index in [0.717, 1.165) is 50.5 Å². The Balaban J connectivity index is 1.47. The molecule has 0 aliphatic carbocycles. The molecule has 2 heterocycles. The molecule has 2 amide bonds. The summed E-state index contributed by atoms with van der Waals surface area (Å²) in [6.45, 7) is 3.66. The molecule has 32 heavy (non-hydrogen) atoms. The predicted octanol–water partition coefficient (Wildman–Crippen LogP) is 3.63. The fraction of sp³-hybridized carbons (Fsp3) is 0.440. The number of carbonyl (C=O) groups is 2. The summed E-state index contributed by atoms with van der Waals surface area (Å²) in [5.41, 5.74) is 7.36. The van der Waals surface area contributed by atoms with Crippen LogP contribution in [-0.2, 0) is 4.79 Å². The summed E-state index contributed by atoms with van der Waals surface area (Å²) in [5.74, 6) is 0.984. The molecule has 2 aliphatic heterocycles. The lowest BCUT2D eigenvalue weighted by Gasteiger charge is -2.39. The molecule has 2 aliphatic rings. The van der Waals surface area contributed by atoms with Crippen LogP contribution in [0.2, 0.25) is 5.02 Å². The topological polar surface area (TPSA) is 87.5 Å². The van der Waals surface area contributed by atoms with E-state index >= 15 is 0 Å². The highest BCUT2D eigenvalue weighted by atomic mass is 35.5. The van der Waals surface area contributed by atoms with Crippen molar-refractivity contribution in [3.63, 3.8) is 0 Å². The van der Waals surface area contributed by atoms with Crippen molar-refractivity contribution in [2.45, 2.75) is 31.7 Å². The number of hydrogen-bond acceptors (Lipinski definition) is 4. The van der Waals surface area contributed by atoms with Gasteiger partial charge in [0.05, 0.1) is 5.56 Å². The summed E-state index contributed by atoms with van der Waals surface area (Å²) in [7, 11) is 0. The number of rotatable bonds is 5. The van der Waals surface area contributed by atoms with Crippen LogP contribution in [0.3, 0.4) is 0 Å². The number of nitrogens with two attached hydrogens (primary N) is 1. The summed E-state index contributed by atoms with van der Waals surface area (Å²) >= 11 is 5.97. The fourth-order valence-corrected chi connectivity index (χ4v) is 5.15. The molecule has 2 saturated heterocycles. The lowest BCUT2D eigenvalue weighted by atomic mass is 9.79. The SMILES string of the molecule is Nc1cc(Cl)ccc1C(=O)NC(C(=O)N1CCC(C2CCNCC2)CC1)c1ccccc1. The molecule has 7 heteroatoms. The standard InChI is InChI=1S/C25H31ClN4O2/c26-20-6-7-21(22(27)16-20)24(31)29-23(19-4-2-1-3-5-19)25(32)30-14-10-18(11-15-30)17-8-12-28-13-9-17/h1-7,16-18,23,28H,8-15,27H2,(H,29,31). The van der Waals surface area contributed by atoms with Gasteiger partial charge in [0.15, 0.2) is 0 Å². The third-order valence-corrected chi connectivity index (χ3v) is 7.05. The Bertz CT molecular complexity index is 938. The van der Waals surface area contributed by atoms with Crippen LogP contribution in [0.1, 0.15) is 47.6 Å². The van der Waals surface area contributed by atoms with Crippen molar-refractivity contribution >= 4 is 29.1 Å². The first kappa shape index (κ1) is 22.6. The Morgan fingerprint density at radius 3 is 2.31 bits per heavy atom. The minimum absolute atomic E-state index is 0.0687. The van der Waals surface area contributed by atoms with Crippen molar-refractivity contribution < 1.29 is 9.59 Å². The third-order valence-electron chi connectivity index (χ3n) is 6.82. The molecule has 170 valence electrons. The maximum atomic E-state index is 13.5. The number of carbonyl (C=O) groups excluding carboxylic acids is 2. The van der Waals surface area contributed by atoms with E-state index in [1.807, 2.05) is 35.2 Å². The normalized spacial score (nSPS) is 18.8. The smallest absolute Gasteiger partial charge is 0.254 e. The zero-order valence-corrected chi connectivity index (χ0v) is 19.0. The maximum absolute atomic E-state index is 13.5. The van der Waals surface area contributed by atoms with Crippen LogP contribution in [0.4, 0.5) is 5.69 Å². The van der Waals surface area contributed by atoms with Crippen LogP contribution in [-0.4, -0.2) is 42.9 Å². The number of halogens is 1. The number of nitrogens with zero attached hydrogens (tertiary/aromatic N) is 1. The van der Waals surface area contributed by atoms with E-state index in [-0.39, 0.29) is 17.5 Å². The molecular weight excluding hydrogens is 424 g/mol. The number of hydrogen-bond donors (Lipinski definition) is 3. The zero-order valence-electron chi connectivity index (χ0n) is 18.2. The van der Waals surface area contributed by atoms with Gasteiger partial charge in [-0.3, -0.25) is 9.59 Å². The van der Waals surface area contributed by atoms with Gasteiger partial charge in [0.25, 0.3) is 5.91 Å². The summed E-state index contributed by atoms with van der Waals surface area (Å²) in [6.07, 6.45) is 4.50. The molecule has 4 N–H and O–H groups in total. The van der Waals surface area contributed by atoms with Gasteiger partial charge in [0.1, 0.15) is 6.04 Å². The second-order valence-corrected chi connectivity index (χ2v) is 9.24. The van der Waals surface area contributed by atoms with Gasteiger partial charge in [-0.2, -0.15) is 0 Å². The number of benzene rings is 2. The summed E-state index contributed by atoms with van der Waals surface area (Å²) in [6, 6.07) is 13.4. The van der Waals surface area contributed by atoms with Crippen LogP contribution in [0.25, 0.3) is 0 Å². The zero-order chi connectivity index (χ0) is 22.5. The Morgan fingerprint density at radius 1 is 1.00 bits per heavy atom. The minimum atomic E-state index is -0.755. The van der Waals surface area contributed by atoms with Crippen molar-refractivity contribution in [1.82, 2.24) is 15.5 Å². The van der Waals surface area contributed by atoms with E-state index < -0.39 is 6.04 Å². The molecule has 0 aromatic heterocycles.